The lowest BCUT2D eigenvalue weighted by atomic mass is 9.81. The summed E-state index contributed by atoms with van der Waals surface area (Å²) in [4.78, 5) is 25.4. The van der Waals surface area contributed by atoms with Gasteiger partial charge in [0, 0.05) is 16.9 Å². The number of hydrogen-bond acceptors (Lipinski definition) is 5. The number of allylic oxidation sites excluding steroid dienone is 4. The van der Waals surface area contributed by atoms with Gasteiger partial charge in [-0.25, -0.2) is 0 Å². The van der Waals surface area contributed by atoms with E-state index in [1.807, 2.05) is 13.0 Å². The average Bonchev–Trinajstić information content (AvgIpc) is 2.88. The van der Waals surface area contributed by atoms with E-state index in [0.717, 1.165) is 11.3 Å². The molecule has 0 saturated heterocycles. The van der Waals surface area contributed by atoms with Crippen LogP contribution in [0.15, 0.2) is 29.9 Å². The Balaban J connectivity index is 2.32. The van der Waals surface area contributed by atoms with Crippen LogP contribution in [0.3, 0.4) is 0 Å². The van der Waals surface area contributed by atoms with Crippen LogP contribution in [0.5, 0.6) is 0 Å². The van der Waals surface area contributed by atoms with Crippen LogP contribution in [-0.2, 0) is 11.2 Å². The molecular formula is C22H29Cl2NO4S. The maximum atomic E-state index is 13.3. The number of carboxylic acids is 1. The first-order valence-electron chi connectivity index (χ1n) is 9.90. The fourth-order valence-corrected chi connectivity index (χ4v) is 5.50. The number of carbonyl (C=O) groups excluding carboxylic acids is 1. The Bertz CT molecular complexity index is 857. The van der Waals surface area contributed by atoms with E-state index in [2.05, 4.69) is 5.32 Å². The summed E-state index contributed by atoms with van der Waals surface area (Å²) in [7, 11) is 0. The smallest absolute Gasteiger partial charge is 0.303 e. The van der Waals surface area contributed by atoms with Gasteiger partial charge in [-0.2, -0.15) is 0 Å². The summed E-state index contributed by atoms with van der Waals surface area (Å²) in [6, 6.07) is 1.83. The van der Waals surface area contributed by atoms with Gasteiger partial charge in [0.15, 0.2) is 5.78 Å². The van der Waals surface area contributed by atoms with Crippen molar-refractivity contribution in [3.63, 3.8) is 0 Å². The first-order chi connectivity index (χ1) is 13.8. The number of Topliss-reactive ketones (excluding diaryl/α,β-unsaturated/α-hetero) is 1. The Morgan fingerprint density at radius 1 is 1.27 bits per heavy atom. The molecule has 1 aromatic rings. The molecule has 8 heteroatoms. The molecule has 0 radical (unpaired) electrons. The normalized spacial score (nSPS) is 21.5. The molecule has 1 aliphatic carbocycles. The number of carbonyl (C=O) groups is 2. The van der Waals surface area contributed by atoms with Crippen molar-refractivity contribution >= 4 is 51.3 Å². The molecule has 0 bridgehead atoms. The maximum Gasteiger partial charge on any atom is 0.303 e. The summed E-state index contributed by atoms with van der Waals surface area (Å²) in [5.74, 6) is -1.11. The number of nitrogens with one attached hydrogen (secondary N) is 1. The minimum absolute atomic E-state index is 0.0738. The van der Waals surface area contributed by atoms with Gasteiger partial charge in [0.1, 0.15) is 10.7 Å². The highest BCUT2D eigenvalue weighted by atomic mass is 35.5. The van der Waals surface area contributed by atoms with Gasteiger partial charge in [-0.1, -0.05) is 39.0 Å². The SMILES string of the molecule is CCc1cc(C(=O)C2=CC(Cl)CC(Cl)C=C2)c(NC(C)(O)CC(C)(C)CC(=O)O)s1. The number of rotatable bonds is 9. The van der Waals surface area contributed by atoms with Crippen molar-refractivity contribution in [3.05, 3.63) is 40.3 Å². The summed E-state index contributed by atoms with van der Waals surface area (Å²) in [5.41, 5.74) is -1.10. The summed E-state index contributed by atoms with van der Waals surface area (Å²) in [6.07, 6.45) is 6.58. The molecule has 0 aromatic carbocycles. The van der Waals surface area contributed by atoms with Gasteiger partial charge in [0.05, 0.1) is 22.7 Å². The third-order valence-electron chi connectivity index (χ3n) is 4.77. The van der Waals surface area contributed by atoms with E-state index in [4.69, 9.17) is 28.3 Å². The standard InChI is InChI=1S/C22H29Cl2NO4S/c1-5-16-10-17(19(28)13-6-7-14(23)9-15(24)8-13)20(30-16)25-22(4,29)12-21(2,3)11-18(26)27/h6-8,10,14-15,25,29H,5,9,11-12H2,1-4H3,(H,26,27). The van der Waals surface area contributed by atoms with Crippen molar-refractivity contribution in [2.75, 3.05) is 5.32 Å². The van der Waals surface area contributed by atoms with Crippen LogP contribution in [0, 0.1) is 5.41 Å². The van der Waals surface area contributed by atoms with E-state index in [1.54, 1.807) is 39.0 Å². The molecule has 1 heterocycles. The molecular weight excluding hydrogens is 445 g/mol. The van der Waals surface area contributed by atoms with Crippen molar-refractivity contribution in [1.82, 2.24) is 0 Å². The van der Waals surface area contributed by atoms with Gasteiger partial charge in [0.25, 0.3) is 0 Å². The molecule has 0 saturated carbocycles. The number of aryl methyl sites for hydroxylation is 1. The topological polar surface area (TPSA) is 86.6 Å². The van der Waals surface area contributed by atoms with Crippen LogP contribution in [0.25, 0.3) is 0 Å². The third kappa shape index (κ3) is 7.12. The lowest BCUT2D eigenvalue weighted by Crippen LogP contribution is -2.40. The zero-order chi connectivity index (χ0) is 22.7. The van der Waals surface area contributed by atoms with Gasteiger partial charge in [-0.05, 0) is 31.2 Å². The number of anilines is 1. The fourth-order valence-electron chi connectivity index (χ4n) is 3.70. The second kappa shape index (κ2) is 9.86. The van der Waals surface area contributed by atoms with Crippen molar-refractivity contribution in [2.45, 2.75) is 69.9 Å². The van der Waals surface area contributed by atoms with Crippen molar-refractivity contribution in [1.29, 1.82) is 0 Å². The number of ketones is 1. The Morgan fingerprint density at radius 2 is 1.93 bits per heavy atom. The van der Waals surface area contributed by atoms with Gasteiger partial charge in [-0.15, -0.1) is 34.5 Å². The van der Waals surface area contributed by atoms with E-state index in [9.17, 15) is 14.7 Å². The molecule has 0 amide bonds. The lowest BCUT2D eigenvalue weighted by molar-refractivity contribution is -0.139. The molecule has 30 heavy (non-hydrogen) atoms. The minimum Gasteiger partial charge on any atom is -0.481 e. The molecule has 0 spiro atoms. The second-order valence-electron chi connectivity index (χ2n) is 8.70. The Morgan fingerprint density at radius 3 is 2.53 bits per heavy atom. The average molecular weight is 474 g/mol. The van der Waals surface area contributed by atoms with Gasteiger partial charge in [-0.3, -0.25) is 9.59 Å². The molecule has 3 N–H and O–H groups in total. The van der Waals surface area contributed by atoms with Crippen molar-refractivity contribution in [2.24, 2.45) is 5.41 Å². The Kier molecular flexibility index (Phi) is 8.19. The molecule has 0 fully saturated rings. The molecule has 166 valence electrons. The van der Waals surface area contributed by atoms with Crippen LogP contribution in [0.1, 0.15) is 62.2 Å². The highest BCUT2D eigenvalue weighted by Crippen LogP contribution is 2.37. The first-order valence-corrected chi connectivity index (χ1v) is 11.6. The second-order valence-corrected chi connectivity index (χ2v) is 11.0. The Hall–Kier alpha value is -1.34. The zero-order valence-corrected chi connectivity index (χ0v) is 20.0. The predicted molar refractivity (Wildman–Crippen MR) is 124 cm³/mol. The summed E-state index contributed by atoms with van der Waals surface area (Å²) in [5, 5.41) is 23.1. The molecule has 0 aliphatic heterocycles. The van der Waals surface area contributed by atoms with E-state index < -0.39 is 17.1 Å². The molecule has 1 aliphatic rings. The number of aliphatic hydroxyl groups is 1. The molecule has 3 unspecified atom stereocenters. The lowest BCUT2D eigenvalue weighted by Gasteiger charge is -2.34. The number of alkyl halides is 2. The zero-order valence-electron chi connectivity index (χ0n) is 17.7. The molecule has 5 nitrogen and oxygen atoms in total. The number of thiophene rings is 1. The van der Waals surface area contributed by atoms with E-state index in [1.165, 1.54) is 11.3 Å². The van der Waals surface area contributed by atoms with Crippen LogP contribution in [0.4, 0.5) is 5.00 Å². The fraction of sp³-hybridized carbons (Fsp3) is 0.545. The predicted octanol–water partition coefficient (Wildman–Crippen LogP) is 5.61. The molecule has 2 rings (SSSR count). The largest absolute Gasteiger partial charge is 0.481 e. The number of hydrogen-bond donors (Lipinski definition) is 3. The highest BCUT2D eigenvalue weighted by molar-refractivity contribution is 7.16. The van der Waals surface area contributed by atoms with E-state index in [0.29, 0.717) is 22.6 Å². The summed E-state index contributed by atoms with van der Waals surface area (Å²) < 4.78 is 0. The van der Waals surface area contributed by atoms with Gasteiger partial charge >= 0.3 is 5.97 Å². The maximum absolute atomic E-state index is 13.3. The number of aliphatic carboxylic acids is 1. The van der Waals surface area contributed by atoms with Crippen LogP contribution >= 0.6 is 34.5 Å². The van der Waals surface area contributed by atoms with Crippen molar-refractivity contribution < 1.29 is 19.8 Å². The van der Waals surface area contributed by atoms with Gasteiger partial charge in [0.2, 0.25) is 0 Å². The van der Waals surface area contributed by atoms with E-state index in [-0.39, 0.29) is 29.4 Å². The van der Waals surface area contributed by atoms with Crippen LogP contribution < -0.4 is 5.32 Å². The third-order valence-corrected chi connectivity index (χ3v) is 6.59. The first kappa shape index (κ1) is 24.9. The number of carboxylic acid groups (broad SMARTS) is 1. The minimum atomic E-state index is -1.40. The van der Waals surface area contributed by atoms with Crippen molar-refractivity contribution in [3.8, 4) is 0 Å². The summed E-state index contributed by atoms with van der Waals surface area (Å²) in [6.45, 7) is 7.17. The Labute approximate surface area is 191 Å². The number of halogens is 2. The van der Waals surface area contributed by atoms with E-state index >= 15 is 0 Å². The van der Waals surface area contributed by atoms with Crippen LogP contribution in [-0.4, -0.2) is 38.4 Å². The van der Waals surface area contributed by atoms with Gasteiger partial charge < -0.3 is 15.5 Å². The quantitative estimate of drug-likeness (QED) is 0.246. The molecule has 1 aromatic heterocycles. The molecule has 3 atom stereocenters. The summed E-state index contributed by atoms with van der Waals surface area (Å²) >= 11 is 13.9. The monoisotopic (exact) mass is 473 g/mol. The highest BCUT2D eigenvalue weighted by Gasteiger charge is 2.34. The van der Waals surface area contributed by atoms with Crippen LogP contribution in [0.2, 0.25) is 0 Å².